The van der Waals surface area contributed by atoms with Gasteiger partial charge >= 0.3 is 5.97 Å². The van der Waals surface area contributed by atoms with Crippen LogP contribution in [0.3, 0.4) is 0 Å². The topological polar surface area (TPSA) is 222 Å². The van der Waals surface area contributed by atoms with Crippen LogP contribution in [0.2, 0.25) is 0 Å². The number of guanidine groups is 1. The van der Waals surface area contributed by atoms with Crippen LogP contribution < -0.4 is 27.8 Å². The molecule has 1 aromatic carbocycles. The number of nitrogens with zero attached hydrogens (tertiary/aromatic N) is 2. The molecule has 4 unspecified atom stereocenters. The van der Waals surface area contributed by atoms with Crippen LogP contribution in [0.5, 0.6) is 0 Å². The number of aliphatic imine (C=N–C) groups is 1. The van der Waals surface area contributed by atoms with E-state index in [0.717, 1.165) is 16.5 Å². The molecule has 10 N–H and O–H groups in total. The molecule has 3 amide bonds. The zero-order chi connectivity index (χ0) is 29.9. The summed E-state index contributed by atoms with van der Waals surface area (Å²) < 4.78 is 0. The maximum atomic E-state index is 13.7. The predicted octanol–water partition coefficient (Wildman–Crippen LogP) is -0.110. The molecule has 14 heteroatoms. The summed E-state index contributed by atoms with van der Waals surface area (Å²) in [6, 6.07) is 3.78. The van der Waals surface area contributed by atoms with Gasteiger partial charge in [-0.2, -0.15) is 11.8 Å². The van der Waals surface area contributed by atoms with Crippen molar-refractivity contribution in [3.05, 3.63) is 36.0 Å². The van der Waals surface area contributed by atoms with Gasteiger partial charge in [-0.15, -0.1) is 0 Å². The van der Waals surface area contributed by atoms with Crippen molar-refractivity contribution in [1.29, 1.82) is 0 Å². The van der Waals surface area contributed by atoms with Gasteiger partial charge in [0.15, 0.2) is 5.96 Å². The molecule has 0 aliphatic carbocycles. The van der Waals surface area contributed by atoms with Crippen molar-refractivity contribution in [3.63, 3.8) is 0 Å². The van der Waals surface area contributed by atoms with Crippen LogP contribution in [0.1, 0.15) is 37.7 Å². The number of likely N-dealkylation sites (tertiary alicyclic amines) is 1. The van der Waals surface area contributed by atoms with Gasteiger partial charge in [-0.3, -0.25) is 19.4 Å². The van der Waals surface area contributed by atoms with Gasteiger partial charge in [0.1, 0.15) is 18.1 Å². The van der Waals surface area contributed by atoms with E-state index >= 15 is 0 Å². The fourth-order valence-electron chi connectivity index (χ4n) is 4.91. The summed E-state index contributed by atoms with van der Waals surface area (Å²) in [5.41, 5.74) is 18.4. The normalized spacial score (nSPS) is 17.0. The van der Waals surface area contributed by atoms with E-state index in [4.69, 9.17) is 17.2 Å². The summed E-state index contributed by atoms with van der Waals surface area (Å²) in [4.78, 5) is 60.3. The molecule has 2 aromatic rings. The first kappa shape index (κ1) is 31.7. The number of benzene rings is 1. The molecule has 41 heavy (non-hydrogen) atoms. The fraction of sp³-hybridized carbons (Fsp3) is 0.519. The molecule has 0 bridgehead atoms. The van der Waals surface area contributed by atoms with Crippen LogP contribution in [0, 0.1) is 0 Å². The average Bonchev–Trinajstić information content (AvgIpc) is 3.60. The maximum absolute atomic E-state index is 13.7. The quantitative estimate of drug-likeness (QED) is 0.0836. The Morgan fingerprint density at radius 3 is 2.59 bits per heavy atom. The fourth-order valence-corrected chi connectivity index (χ4v) is 5.39. The van der Waals surface area contributed by atoms with Crippen LogP contribution in [0.15, 0.2) is 35.5 Å². The molecule has 0 radical (unpaired) electrons. The highest BCUT2D eigenvalue weighted by Gasteiger charge is 2.38. The summed E-state index contributed by atoms with van der Waals surface area (Å²) in [5.74, 6) is -2.05. The number of carbonyl (C=O) groups excluding carboxylic acids is 3. The van der Waals surface area contributed by atoms with Crippen molar-refractivity contribution >= 4 is 52.3 Å². The van der Waals surface area contributed by atoms with Crippen LogP contribution in [0.4, 0.5) is 0 Å². The van der Waals surface area contributed by atoms with E-state index in [1.165, 1.54) is 16.7 Å². The molecule has 1 aromatic heterocycles. The van der Waals surface area contributed by atoms with Gasteiger partial charge in [0.05, 0.1) is 6.04 Å². The van der Waals surface area contributed by atoms with Crippen LogP contribution >= 0.6 is 11.8 Å². The van der Waals surface area contributed by atoms with E-state index in [1.54, 1.807) is 6.20 Å². The number of aromatic nitrogens is 1. The maximum Gasteiger partial charge on any atom is 0.326 e. The Labute approximate surface area is 243 Å². The van der Waals surface area contributed by atoms with Gasteiger partial charge in [-0.05, 0) is 55.7 Å². The summed E-state index contributed by atoms with van der Waals surface area (Å²) >= 11 is 1.51. The minimum atomic E-state index is -1.08. The lowest BCUT2D eigenvalue weighted by atomic mass is 10.0. The monoisotopic (exact) mass is 588 g/mol. The van der Waals surface area contributed by atoms with Crippen molar-refractivity contribution < 1.29 is 24.3 Å². The lowest BCUT2D eigenvalue weighted by molar-refractivity contribution is -0.149. The summed E-state index contributed by atoms with van der Waals surface area (Å²) in [7, 11) is 0. The highest BCUT2D eigenvalue weighted by molar-refractivity contribution is 7.98. The van der Waals surface area contributed by atoms with E-state index in [9.17, 15) is 24.3 Å². The molecule has 1 aliphatic rings. The second kappa shape index (κ2) is 15.3. The lowest BCUT2D eigenvalue weighted by Gasteiger charge is -2.29. The van der Waals surface area contributed by atoms with Crippen LogP contribution in [-0.2, 0) is 25.6 Å². The Hall–Kier alpha value is -3.78. The molecule has 1 fully saturated rings. The smallest absolute Gasteiger partial charge is 0.326 e. The molecule has 224 valence electrons. The minimum absolute atomic E-state index is 0.0443. The Morgan fingerprint density at radius 2 is 1.88 bits per heavy atom. The number of H-pyrrole nitrogens is 1. The number of hydrogen-bond acceptors (Lipinski definition) is 7. The SMILES string of the molecule is CSCCC(NC(=O)C(N)CCCN=C(N)N)C(=O)NC(Cc1c[nH]c2ccccc12)C(=O)N1CCCC1C(=O)O. The zero-order valence-electron chi connectivity index (χ0n) is 23.2. The average molecular weight is 589 g/mol. The summed E-state index contributed by atoms with van der Waals surface area (Å²) in [6.07, 6.45) is 5.83. The number of carboxylic acids is 1. The first-order valence-corrected chi connectivity index (χ1v) is 15.0. The van der Waals surface area contributed by atoms with Crippen molar-refractivity contribution in [2.45, 2.75) is 62.7 Å². The molecule has 1 aliphatic heterocycles. The highest BCUT2D eigenvalue weighted by atomic mass is 32.2. The number of hydrogen-bond donors (Lipinski definition) is 7. The third-order valence-electron chi connectivity index (χ3n) is 7.08. The zero-order valence-corrected chi connectivity index (χ0v) is 24.0. The number of nitrogens with one attached hydrogen (secondary N) is 3. The predicted molar refractivity (Wildman–Crippen MR) is 159 cm³/mol. The van der Waals surface area contributed by atoms with E-state index in [0.29, 0.717) is 44.4 Å². The number of carboxylic acid groups (broad SMARTS) is 1. The highest BCUT2D eigenvalue weighted by Crippen LogP contribution is 2.23. The number of amides is 3. The molecule has 2 heterocycles. The number of aromatic amines is 1. The number of thioether (sulfide) groups is 1. The van der Waals surface area contributed by atoms with E-state index < -0.39 is 47.9 Å². The summed E-state index contributed by atoms with van der Waals surface area (Å²) in [5, 5.41) is 16.1. The molecule has 1 saturated heterocycles. The van der Waals surface area contributed by atoms with Gasteiger partial charge in [0.25, 0.3) is 0 Å². The molecule has 13 nitrogen and oxygen atoms in total. The molecular weight excluding hydrogens is 548 g/mol. The molecule has 0 spiro atoms. The van der Waals surface area contributed by atoms with Crippen molar-refractivity contribution in [2.24, 2.45) is 22.2 Å². The second-order valence-electron chi connectivity index (χ2n) is 10.1. The van der Waals surface area contributed by atoms with Gasteiger partial charge in [-0.25, -0.2) is 4.79 Å². The number of nitrogens with two attached hydrogens (primary N) is 3. The number of para-hydroxylation sites is 1. The third-order valence-corrected chi connectivity index (χ3v) is 7.73. The van der Waals surface area contributed by atoms with Crippen molar-refractivity contribution in [2.75, 3.05) is 25.1 Å². The molecule has 3 rings (SSSR count). The Morgan fingerprint density at radius 1 is 1.15 bits per heavy atom. The standard InChI is InChI=1S/C27H40N8O5S/c1-41-13-10-20(33-23(36)18(28)7-4-11-31-27(29)30)24(37)34-21(25(38)35-12-5-9-22(35)26(39)40)14-16-15-32-19-8-3-2-6-17(16)19/h2-3,6,8,15,18,20-22,32H,4-5,7,9-14,28H2,1H3,(H,33,36)(H,34,37)(H,39,40)(H4,29,30,31). The van der Waals surface area contributed by atoms with Gasteiger partial charge in [-0.1, -0.05) is 18.2 Å². The largest absolute Gasteiger partial charge is 0.480 e. The van der Waals surface area contributed by atoms with Gasteiger partial charge < -0.3 is 42.8 Å². The first-order chi connectivity index (χ1) is 19.6. The van der Waals surface area contributed by atoms with Gasteiger partial charge in [0.2, 0.25) is 17.7 Å². The molecule has 4 atom stereocenters. The Balaban J connectivity index is 1.78. The van der Waals surface area contributed by atoms with Crippen LogP contribution in [-0.4, -0.2) is 93.9 Å². The van der Waals surface area contributed by atoms with E-state index in [2.05, 4.69) is 20.6 Å². The van der Waals surface area contributed by atoms with Crippen molar-refractivity contribution in [3.8, 4) is 0 Å². The van der Waals surface area contributed by atoms with Crippen molar-refractivity contribution in [1.82, 2.24) is 20.5 Å². The number of fused-ring (bicyclic) bond motifs is 1. The van der Waals surface area contributed by atoms with E-state index in [-0.39, 0.29) is 18.9 Å². The molecular formula is C27H40N8O5S. The first-order valence-electron chi connectivity index (χ1n) is 13.6. The second-order valence-corrected chi connectivity index (χ2v) is 11.0. The van der Waals surface area contributed by atoms with E-state index in [1.807, 2.05) is 30.5 Å². The number of rotatable bonds is 15. The van der Waals surface area contributed by atoms with Crippen LogP contribution in [0.25, 0.3) is 10.9 Å². The minimum Gasteiger partial charge on any atom is -0.480 e. The number of carbonyl (C=O) groups is 4. The summed E-state index contributed by atoms with van der Waals surface area (Å²) in [6.45, 7) is 0.614. The Kier molecular flexibility index (Phi) is 11.8. The van der Waals surface area contributed by atoms with Gasteiger partial charge in [0, 0.05) is 36.6 Å². The lowest BCUT2D eigenvalue weighted by Crippen LogP contribution is -2.57. The Bertz CT molecular complexity index is 1250. The number of aliphatic carboxylic acids is 1. The third kappa shape index (κ3) is 8.85. The molecule has 0 saturated carbocycles.